The van der Waals surface area contributed by atoms with Crippen LogP contribution in [-0.4, -0.2) is 30.1 Å². The summed E-state index contributed by atoms with van der Waals surface area (Å²) in [6.07, 6.45) is 0.423. The maximum absolute atomic E-state index is 12.2. The number of alkyl carbamates (subject to hydrolysis) is 1. The Hall–Kier alpha value is -3.35. The first kappa shape index (κ1) is 22.9. The summed E-state index contributed by atoms with van der Waals surface area (Å²) in [5.74, 6) is -0.403. The molecule has 30 heavy (non-hydrogen) atoms. The number of hydrogen-bond donors (Lipinski definition) is 3. The highest BCUT2D eigenvalue weighted by molar-refractivity contribution is 5.91. The molecular weight excluding hydrogens is 382 g/mol. The van der Waals surface area contributed by atoms with Crippen LogP contribution in [0.1, 0.15) is 38.3 Å². The van der Waals surface area contributed by atoms with Crippen molar-refractivity contribution in [2.24, 2.45) is 0 Å². The SMILES string of the molecule is CC(C)(C)OC(=O)NCC(=O)NCc1cccc(NC(=O)CCc2ccccc2)c1. The third-order valence-electron chi connectivity index (χ3n) is 3.98. The Morgan fingerprint density at radius 1 is 0.867 bits per heavy atom. The van der Waals surface area contributed by atoms with E-state index < -0.39 is 11.7 Å². The van der Waals surface area contributed by atoms with Gasteiger partial charge in [-0.15, -0.1) is 0 Å². The van der Waals surface area contributed by atoms with Gasteiger partial charge in [-0.1, -0.05) is 42.5 Å². The fourth-order valence-corrected chi connectivity index (χ4v) is 2.61. The van der Waals surface area contributed by atoms with Crippen LogP contribution in [0, 0.1) is 0 Å². The molecule has 0 aliphatic carbocycles. The van der Waals surface area contributed by atoms with Crippen LogP contribution in [0.25, 0.3) is 0 Å². The zero-order valence-electron chi connectivity index (χ0n) is 17.7. The molecule has 0 saturated heterocycles. The number of carbonyl (C=O) groups excluding carboxylic acids is 3. The second-order valence-corrected chi connectivity index (χ2v) is 7.87. The predicted molar refractivity (Wildman–Crippen MR) is 116 cm³/mol. The molecule has 0 aliphatic heterocycles. The maximum atomic E-state index is 12.2. The van der Waals surface area contributed by atoms with Gasteiger partial charge in [0.05, 0.1) is 0 Å². The van der Waals surface area contributed by atoms with Crippen LogP contribution in [-0.2, 0) is 27.3 Å². The van der Waals surface area contributed by atoms with Crippen molar-refractivity contribution in [2.45, 2.75) is 45.8 Å². The van der Waals surface area contributed by atoms with E-state index in [0.717, 1.165) is 11.1 Å². The molecule has 0 radical (unpaired) electrons. The van der Waals surface area contributed by atoms with Gasteiger partial charge in [0.1, 0.15) is 12.1 Å². The Kier molecular flexibility index (Phi) is 8.41. The summed E-state index contributed by atoms with van der Waals surface area (Å²) < 4.78 is 5.08. The van der Waals surface area contributed by atoms with Crippen LogP contribution in [0.5, 0.6) is 0 Å². The lowest BCUT2D eigenvalue weighted by molar-refractivity contribution is -0.120. The minimum absolute atomic E-state index is 0.0680. The number of hydrogen-bond acceptors (Lipinski definition) is 4. The number of nitrogens with one attached hydrogen (secondary N) is 3. The van der Waals surface area contributed by atoms with Gasteiger partial charge in [0, 0.05) is 18.7 Å². The lowest BCUT2D eigenvalue weighted by Crippen LogP contribution is -2.39. The number of amides is 3. The number of ether oxygens (including phenoxy) is 1. The molecule has 2 aromatic carbocycles. The van der Waals surface area contributed by atoms with E-state index >= 15 is 0 Å². The van der Waals surface area contributed by atoms with Crippen LogP contribution in [0.3, 0.4) is 0 Å². The average Bonchev–Trinajstić information content (AvgIpc) is 2.69. The van der Waals surface area contributed by atoms with Crippen LogP contribution >= 0.6 is 0 Å². The summed E-state index contributed by atoms with van der Waals surface area (Å²) in [5, 5.41) is 8.01. The molecule has 0 fully saturated rings. The standard InChI is InChI=1S/C23H29N3O4/c1-23(2,3)30-22(29)25-16-21(28)24-15-18-10-7-11-19(14-18)26-20(27)13-12-17-8-5-4-6-9-17/h4-11,14H,12-13,15-16H2,1-3H3,(H,24,28)(H,25,29)(H,26,27). The second kappa shape index (κ2) is 11.0. The highest BCUT2D eigenvalue weighted by Gasteiger charge is 2.16. The number of benzene rings is 2. The molecule has 0 bridgehead atoms. The molecule has 0 saturated carbocycles. The summed E-state index contributed by atoms with van der Waals surface area (Å²) in [4.78, 5) is 35.7. The predicted octanol–water partition coefficient (Wildman–Crippen LogP) is 3.40. The molecule has 3 N–H and O–H groups in total. The number of carbonyl (C=O) groups is 3. The monoisotopic (exact) mass is 411 g/mol. The van der Waals surface area contributed by atoms with Crippen LogP contribution in [0.15, 0.2) is 54.6 Å². The van der Waals surface area contributed by atoms with Gasteiger partial charge in [0.25, 0.3) is 0 Å². The molecule has 160 valence electrons. The third-order valence-corrected chi connectivity index (χ3v) is 3.98. The van der Waals surface area contributed by atoms with Gasteiger partial charge in [-0.3, -0.25) is 9.59 Å². The van der Waals surface area contributed by atoms with Crippen molar-refractivity contribution in [3.05, 3.63) is 65.7 Å². The Labute approximate surface area is 177 Å². The number of rotatable bonds is 8. The lowest BCUT2D eigenvalue weighted by Gasteiger charge is -2.19. The van der Waals surface area contributed by atoms with Gasteiger partial charge in [0.15, 0.2) is 0 Å². The average molecular weight is 412 g/mol. The van der Waals surface area contributed by atoms with Crippen LogP contribution in [0.4, 0.5) is 10.5 Å². The zero-order chi connectivity index (χ0) is 22.0. The maximum Gasteiger partial charge on any atom is 0.408 e. The second-order valence-electron chi connectivity index (χ2n) is 7.87. The molecule has 2 rings (SSSR count). The molecule has 7 heteroatoms. The molecule has 7 nitrogen and oxygen atoms in total. The van der Waals surface area contributed by atoms with Gasteiger partial charge in [-0.25, -0.2) is 4.79 Å². The molecule has 0 heterocycles. The Morgan fingerprint density at radius 3 is 2.27 bits per heavy atom. The topological polar surface area (TPSA) is 96.5 Å². The molecular formula is C23H29N3O4. The van der Waals surface area contributed by atoms with Crippen LogP contribution < -0.4 is 16.0 Å². The zero-order valence-corrected chi connectivity index (χ0v) is 17.7. The molecule has 0 aromatic heterocycles. The first-order valence-electron chi connectivity index (χ1n) is 9.87. The Balaban J connectivity index is 1.74. The Morgan fingerprint density at radius 2 is 1.57 bits per heavy atom. The molecule has 0 unspecified atom stereocenters. The van der Waals surface area contributed by atoms with Gasteiger partial charge in [0.2, 0.25) is 11.8 Å². The van der Waals surface area contributed by atoms with Crippen molar-refractivity contribution in [1.29, 1.82) is 0 Å². The summed E-state index contributed by atoms with van der Waals surface area (Å²) in [6.45, 7) is 5.35. The summed E-state index contributed by atoms with van der Waals surface area (Å²) in [7, 11) is 0. The smallest absolute Gasteiger partial charge is 0.408 e. The van der Waals surface area contributed by atoms with Crippen molar-refractivity contribution in [3.63, 3.8) is 0 Å². The fraction of sp³-hybridized carbons (Fsp3) is 0.348. The van der Waals surface area contributed by atoms with E-state index in [4.69, 9.17) is 4.74 Å². The van der Waals surface area contributed by atoms with Crippen LogP contribution in [0.2, 0.25) is 0 Å². The van der Waals surface area contributed by atoms with E-state index in [1.54, 1.807) is 26.8 Å². The van der Waals surface area contributed by atoms with E-state index in [1.165, 1.54) is 0 Å². The largest absolute Gasteiger partial charge is 0.444 e. The van der Waals surface area contributed by atoms with E-state index in [0.29, 0.717) is 18.5 Å². The van der Waals surface area contributed by atoms with E-state index in [9.17, 15) is 14.4 Å². The minimum atomic E-state index is -0.641. The first-order valence-corrected chi connectivity index (χ1v) is 9.87. The summed E-state index contributed by atoms with van der Waals surface area (Å²) in [6, 6.07) is 17.1. The molecule has 3 amide bonds. The quantitative estimate of drug-likeness (QED) is 0.620. The van der Waals surface area contributed by atoms with E-state index in [-0.39, 0.29) is 24.9 Å². The molecule has 2 aromatic rings. The highest BCUT2D eigenvalue weighted by atomic mass is 16.6. The number of aryl methyl sites for hydroxylation is 1. The molecule has 0 aliphatic rings. The lowest BCUT2D eigenvalue weighted by atomic mass is 10.1. The molecule has 0 spiro atoms. The first-order chi connectivity index (χ1) is 14.2. The summed E-state index contributed by atoms with van der Waals surface area (Å²) >= 11 is 0. The van der Waals surface area contributed by atoms with E-state index in [1.807, 2.05) is 48.5 Å². The third kappa shape index (κ3) is 9.23. The van der Waals surface area contributed by atoms with Crippen molar-refractivity contribution in [2.75, 3.05) is 11.9 Å². The van der Waals surface area contributed by atoms with Gasteiger partial charge < -0.3 is 20.7 Å². The van der Waals surface area contributed by atoms with Crippen molar-refractivity contribution >= 4 is 23.6 Å². The minimum Gasteiger partial charge on any atom is -0.444 e. The van der Waals surface area contributed by atoms with Gasteiger partial charge in [-0.2, -0.15) is 0 Å². The molecule has 0 atom stereocenters. The van der Waals surface area contributed by atoms with Crippen molar-refractivity contribution in [3.8, 4) is 0 Å². The normalized spacial score (nSPS) is 10.8. The van der Waals surface area contributed by atoms with Crippen molar-refractivity contribution in [1.82, 2.24) is 10.6 Å². The van der Waals surface area contributed by atoms with Crippen molar-refractivity contribution < 1.29 is 19.1 Å². The highest BCUT2D eigenvalue weighted by Crippen LogP contribution is 2.12. The summed E-state index contributed by atoms with van der Waals surface area (Å²) in [5.41, 5.74) is 2.00. The Bertz CT molecular complexity index is 860. The van der Waals surface area contributed by atoms with Gasteiger partial charge in [-0.05, 0) is 50.5 Å². The fourth-order valence-electron chi connectivity index (χ4n) is 2.61. The van der Waals surface area contributed by atoms with E-state index in [2.05, 4.69) is 16.0 Å². The number of anilines is 1. The van der Waals surface area contributed by atoms with Gasteiger partial charge >= 0.3 is 6.09 Å².